The van der Waals surface area contributed by atoms with E-state index < -0.39 is 0 Å². The van der Waals surface area contributed by atoms with Crippen LogP contribution >= 0.6 is 12.4 Å². The predicted molar refractivity (Wildman–Crippen MR) is 99.7 cm³/mol. The topological polar surface area (TPSA) is 39.1 Å². The number of ether oxygens (including phenoxy) is 1. The van der Waals surface area contributed by atoms with Crippen molar-refractivity contribution in [3.8, 4) is 5.88 Å². The van der Waals surface area contributed by atoms with Crippen molar-refractivity contribution in [2.24, 2.45) is 5.92 Å². The van der Waals surface area contributed by atoms with E-state index in [4.69, 9.17) is 9.84 Å². The molecule has 1 aromatic heterocycles. The Balaban J connectivity index is 0.00000208. The van der Waals surface area contributed by atoms with E-state index in [-0.39, 0.29) is 12.4 Å². The Hall–Kier alpha value is -1.52. The molecule has 1 saturated carbocycles. The molecule has 3 rings (SSSR count). The standard InChI is InChI=1S/C19H27N3O.ClH/c1-15(17-10-6-7-11-17)22-19(12-18(21-22)13-20-2)23-14-16-8-4-3-5-9-16;/h3-5,8-9,12,15,17,20H,6-7,10-11,13-14H2,1-2H3;1H. The zero-order valence-corrected chi connectivity index (χ0v) is 15.4. The molecule has 1 unspecified atom stereocenters. The highest BCUT2D eigenvalue weighted by Crippen LogP contribution is 2.36. The molecule has 0 spiro atoms. The molecule has 0 radical (unpaired) electrons. The van der Waals surface area contributed by atoms with Gasteiger partial charge in [-0.3, -0.25) is 0 Å². The number of nitrogens with zero attached hydrogens (tertiary/aromatic N) is 2. The van der Waals surface area contributed by atoms with Gasteiger partial charge in [-0.05, 0) is 38.3 Å². The van der Waals surface area contributed by atoms with E-state index >= 15 is 0 Å². The molecule has 1 aromatic carbocycles. The molecule has 0 amide bonds. The molecule has 2 aromatic rings. The molecule has 0 saturated heterocycles. The zero-order valence-electron chi connectivity index (χ0n) is 14.6. The summed E-state index contributed by atoms with van der Waals surface area (Å²) in [6, 6.07) is 12.8. The molecular weight excluding hydrogens is 322 g/mol. The Kier molecular flexibility index (Phi) is 7.13. The van der Waals surface area contributed by atoms with Crippen molar-refractivity contribution < 1.29 is 4.74 Å². The van der Waals surface area contributed by atoms with E-state index in [9.17, 15) is 0 Å². The first kappa shape index (κ1) is 18.8. The number of nitrogens with one attached hydrogen (secondary N) is 1. The van der Waals surface area contributed by atoms with Crippen LogP contribution in [0.1, 0.15) is 49.9 Å². The molecule has 132 valence electrons. The number of rotatable bonds is 7. The number of hydrogen-bond acceptors (Lipinski definition) is 3. The average Bonchev–Trinajstić information content (AvgIpc) is 3.23. The molecule has 0 bridgehead atoms. The van der Waals surface area contributed by atoms with E-state index in [2.05, 4.69) is 35.1 Å². The second-order valence-corrected chi connectivity index (χ2v) is 6.51. The quantitative estimate of drug-likeness (QED) is 0.807. The first-order valence-electron chi connectivity index (χ1n) is 8.67. The number of benzene rings is 1. The van der Waals surface area contributed by atoms with E-state index in [1.54, 1.807) is 0 Å². The van der Waals surface area contributed by atoms with Crippen molar-refractivity contribution in [1.29, 1.82) is 0 Å². The molecule has 1 atom stereocenters. The second-order valence-electron chi connectivity index (χ2n) is 6.51. The third kappa shape index (κ3) is 4.52. The molecule has 0 aliphatic heterocycles. The van der Waals surface area contributed by atoms with Crippen molar-refractivity contribution in [3.05, 3.63) is 47.7 Å². The largest absolute Gasteiger partial charge is 0.473 e. The van der Waals surface area contributed by atoms with Gasteiger partial charge in [-0.15, -0.1) is 12.4 Å². The molecule has 1 aliphatic carbocycles. The van der Waals surface area contributed by atoms with Crippen molar-refractivity contribution >= 4 is 12.4 Å². The minimum absolute atomic E-state index is 0. The van der Waals surface area contributed by atoms with Gasteiger partial charge in [0, 0.05) is 12.6 Å². The smallest absolute Gasteiger partial charge is 0.212 e. The van der Waals surface area contributed by atoms with Gasteiger partial charge in [-0.2, -0.15) is 5.10 Å². The summed E-state index contributed by atoms with van der Waals surface area (Å²) in [5.41, 5.74) is 2.23. The molecule has 24 heavy (non-hydrogen) atoms. The lowest BCUT2D eigenvalue weighted by Gasteiger charge is -2.21. The van der Waals surface area contributed by atoms with Crippen LogP contribution in [0, 0.1) is 5.92 Å². The lowest BCUT2D eigenvalue weighted by Crippen LogP contribution is -2.17. The van der Waals surface area contributed by atoms with Crippen molar-refractivity contribution in [3.63, 3.8) is 0 Å². The Morgan fingerprint density at radius 1 is 1.25 bits per heavy atom. The summed E-state index contributed by atoms with van der Waals surface area (Å²) in [4.78, 5) is 0. The Morgan fingerprint density at radius 3 is 2.62 bits per heavy atom. The highest BCUT2D eigenvalue weighted by molar-refractivity contribution is 5.85. The maximum absolute atomic E-state index is 6.10. The van der Waals surface area contributed by atoms with Gasteiger partial charge < -0.3 is 10.1 Å². The van der Waals surface area contributed by atoms with Crippen molar-refractivity contribution in [1.82, 2.24) is 15.1 Å². The first-order chi connectivity index (χ1) is 11.3. The summed E-state index contributed by atoms with van der Waals surface area (Å²) >= 11 is 0. The fourth-order valence-electron chi connectivity index (χ4n) is 3.46. The minimum Gasteiger partial charge on any atom is -0.473 e. The lowest BCUT2D eigenvalue weighted by atomic mass is 10.0. The second kappa shape index (κ2) is 9.09. The summed E-state index contributed by atoms with van der Waals surface area (Å²) in [6.07, 6.45) is 5.31. The molecule has 5 heteroatoms. The highest BCUT2D eigenvalue weighted by Gasteiger charge is 2.26. The number of aromatic nitrogens is 2. The van der Waals surface area contributed by atoms with Crippen LogP contribution < -0.4 is 10.1 Å². The van der Waals surface area contributed by atoms with Gasteiger partial charge in [0.25, 0.3) is 0 Å². The van der Waals surface area contributed by atoms with Crippen LogP contribution in [0.4, 0.5) is 0 Å². The van der Waals surface area contributed by atoms with Gasteiger partial charge in [0.2, 0.25) is 5.88 Å². The average molecular weight is 350 g/mol. The summed E-state index contributed by atoms with van der Waals surface area (Å²) in [6.45, 7) is 3.64. The third-order valence-electron chi connectivity index (χ3n) is 4.81. The SMILES string of the molecule is CNCc1cc(OCc2ccccc2)n(C(C)C2CCCC2)n1.Cl. The fourth-order valence-corrected chi connectivity index (χ4v) is 3.46. The van der Waals surface area contributed by atoms with E-state index in [1.165, 1.54) is 31.2 Å². The normalized spacial score (nSPS) is 15.9. The number of halogens is 1. The van der Waals surface area contributed by atoms with Crippen LogP contribution in [-0.2, 0) is 13.2 Å². The van der Waals surface area contributed by atoms with Crippen molar-refractivity contribution in [2.45, 2.75) is 51.8 Å². The summed E-state index contributed by atoms with van der Waals surface area (Å²) in [5.74, 6) is 1.61. The molecular formula is C19H28ClN3O. The van der Waals surface area contributed by atoms with Crippen LogP contribution in [0.15, 0.2) is 36.4 Å². The number of hydrogen-bond donors (Lipinski definition) is 1. The van der Waals surface area contributed by atoms with Gasteiger partial charge in [0.1, 0.15) is 6.61 Å². The van der Waals surface area contributed by atoms with Crippen LogP contribution in [-0.4, -0.2) is 16.8 Å². The minimum atomic E-state index is 0. The Morgan fingerprint density at radius 2 is 1.96 bits per heavy atom. The van der Waals surface area contributed by atoms with E-state index in [0.29, 0.717) is 12.6 Å². The fraction of sp³-hybridized carbons (Fsp3) is 0.526. The predicted octanol–water partition coefficient (Wildman–Crippen LogP) is 4.35. The van der Waals surface area contributed by atoms with Gasteiger partial charge in [0.05, 0.1) is 11.7 Å². The van der Waals surface area contributed by atoms with E-state index in [1.807, 2.05) is 25.2 Å². The Bertz CT molecular complexity index is 608. The molecule has 1 aliphatic rings. The summed E-state index contributed by atoms with van der Waals surface area (Å²) in [7, 11) is 1.95. The maximum Gasteiger partial charge on any atom is 0.212 e. The highest BCUT2D eigenvalue weighted by atomic mass is 35.5. The van der Waals surface area contributed by atoms with Crippen LogP contribution in [0.5, 0.6) is 5.88 Å². The first-order valence-corrected chi connectivity index (χ1v) is 8.67. The lowest BCUT2D eigenvalue weighted by molar-refractivity contribution is 0.238. The maximum atomic E-state index is 6.10. The van der Waals surface area contributed by atoms with Crippen molar-refractivity contribution in [2.75, 3.05) is 7.05 Å². The monoisotopic (exact) mass is 349 g/mol. The molecule has 4 nitrogen and oxygen atoms in total. The van der Waals surface area contributed by atoms with Crippen LogP contribution in [0.2, 0.25) is 0 Å². The Labute approximate surface area is 151 Å². The van der Waals surface area contributed by atoms with E-state index in [0.717, 1.165) is 24.0 Å². The van der Waals surface area contributed by atoms with Gasteiger partial charge in [-0.25, -0.2) is 4.68 Å². The summed E-state index contributed by atoms with van der Waals surface area (Å²) < 4.78 is 8.21. The van der Waals surface area contributed by atoms with Gasteiger partial charge in [-0.1, -0.05) is 43.2 Å². The third-order valence-corrected chi connectivity index (χ3v) is 4.81. The molecule has 1 N–H and O–H groups in total. The molecule has 1 heterocycles. The van der Waals surface area contributed by atoms with Gasteiger partial charge in [0.15, 0.2) is 0 Å². The molecule has 1 fully saturated rings. The van der Waals surface area contributed by atoms with Crippen LogP contribution in [0.3, 0.4) is 0 Å². The zero-order chi connectivity index (χ0) is 16.1. The van der Waals surface area contributed by atoms with Gasteiger partial charge >= 0.3 is 0 Å². The summed E-state index contributed by atoms with van der Waals surface area (Å²) in [5, 5.41) is 7.96. The van der Waals surface area contributed by atoms with Crippen LogP contribution in [0.25, 0.3) is 0 Å².